The number of hydrogen-bond acceptors (Lipinski definition) is 7. The first kappa shape index (κ1) is 24.4. The van der Waals surface area contributed by atoms with Crippen LogP contribution in [-0.4, -0.2) is 37.8 Å². The summed E-state index contributed by atoms with van der Waals surface area (Å²) >= 11 is 0. The number of ether oxygens (including phenoxy) is 1. The minimum Gasteiger partial charge on any atom is -0.422 e. The van der Waals surface area contributed by atoms with E-state index in [4.69, 9.17) is 8.92 Å². The second-order valence-corrected chi connectivity index (χ2v) is 10.2. The van der Waals surface area contributed by atoms with Gasteiger partial charge in [-0.05, 0) is 58.7 Å². The minimum atomic E-state index is -3.85. The zero-order chi connectivity index (χ0) is 21.8. The van der Waals surface area contributed by atoms with Crippen LogP contribution in [0.15, 0.2) is 18.2 Å². The molecule has 0 radical (unpaired) electrons. The van der Waals surface area contributed by atoms with Crippen molar-refractivity contribution in [1.82, 2.24) is 5.32 Å². The van der Waals surface area contributed by atoms with E-state index in [1.165, 1.54) is 12.1 Å². The summed E-state index contributed by atoms with van der Waals surface area (Å²) in [6.07, 6.45) is 1.45. The maximum absolute atomic E-state index is 12.5. The maximum atomic E-state index is 12.5. The summed E-state index contributed by atoms with van der Waals surface area (Å²) in [7, 11) is -3.85. The Morgan fingerprint density at radius 2 is 1.79 bits per heavy atom. The SMILES string of the molecule is CCCC(C)(C)C(=O)Oc1ccc(C(O)CNC(C)(C)C)cc1OS(C)(=O)=O. The van der Waals surface area contributed by atoms with Crippen molar-refractivity contribution in [1.29, 1.82) is 0 Å². The molecule has 7 nitrogen and oxygen atoms in total. The summed E-state index contributed by atoms with van der Waals surface area (Å²) in [6.45, 7) is 11.7. The third kappa shape index (κ3) is 8.16. The standard InChI is InChI=1S/C20H33NO6S/c1-8-11-20(5,6)18(23)26-16-10-9-14(12-17(16)27-28(7,24)25)15(22)13-21-19(2,3)4/h9-10,12,15,21-22H,8,11,13H2,1-7H3. The fraction of sp³-hybridized carbons (Fsp3) is 0.650. The Labute approximate surface area is 168 Å². The first-order valence-electron chi connectivity index (χ1n) is 9.33. The molecule has 1 unspecified atom stereocenters. The zero-order valence-corrected chi connectivity index (χ0v) is 18.6. The lowest BCUT2D eigenvalue weighted by Gasteiger charge is -2.24. The summed E-state index contributed by atoms with van der Waals surface area (Å²) in [5, 5.41) is 13.6. The smallest absolute Gasteiger partial charge is 0.317 e. The molecule has 28 heavy (non-hydrogen) atoms. The number of rotatable bonds is 9. The van der Waals surface area contributed by atoms with Crippen LogP contribution in [0.4, 0.5) is 0 Å². The van der Waals surface area contributed by atoms with E-state index in [0.29, 0.717) is 12.0 Å². The number of esters is 1. The van der Waals surface area contributed by atoms with E-state index in [1.807, 2.05) is 27.7 Å². The van der Waals surface area contributed by atoms with Crippen LogP contribution in [0.1, 0.15) is 66.1 Å². The lowest BCUT2D eigenvalue weighted by atomic mass is 9.88. The van der Waals surface area contributed by atoms with E-state index in [9.17, 15) is 18.3 Å². The molecule has 0 spiro atoms. The normalized spacial score (nSPS) is 13.9. The molecule has 2 N–H and O–H groups in total. The largest absolute Gasteiger partial charge is 0.422 e. The molecule has 1 aromatic carbocycles. The second-order valence-electron chi connectivity index (χ2n) is 8.66. The Morgan fingerprint density at radius 3 is 2.29 bits per heavy atom. The molecule has 0 fully saturated rings. The number of carbonyl (C=O) groups is 1. The molecule has 1 rings (SSSR count). The van der Waals surface area contributed by atoms with Crippen molar-refractivity contribution in [3.8, 4) is 11.5 Å². The van der Waals surface area contributed by atoms with Gasteiger partial charge in [-0.25, -0.2) is 0 Å². The predicted molar refractivity (Wildman–Crippen MR) is 109 cm³/mol. The van der Waals surface area contributed by atoms with E-state index in [1.54, 1.807) is 19.9 Å². The molecule has 1 aromatic rings. The monoisotopic (exact) mass is 415 g/mol. The highest BCUT2D eigenvalue weighted by atomic mass is 32.2. The number of β-amino-alcohol motifs (C(OH)–C–C–N with tert-alkyl or cyclic N) is 1. The Morgan fingerprint density at radius 1 is 1.18 bits per heavy atom. The third-order valence-corrected chi connectivity index (χ3v) is 4.53. The highest BCUT2D eigenvalue weighted by Crippen LogP contribution is 2.34. The maximum Gasteiger partial charge on any atom is 0.317 e. The van der Waals surface area contributed by atoms with Crippen molar-refractivity contribution < 1.29 is 27.2 Å². The number of aliphatic hydroxyl groups is 1. The van der Waals surface area contributed by atoms with Crippen molar-refractivity contribution >= 4 is 16.1 Å². The minimum absolute atomic E-state index is 0.000617. The van der Waals surface area contributed by atoms with Gasteiger partial charge in [-0.15, -0.1) is 0 Å². The van der Waals surface area contributed by atoms with Crippen LogP contribution in [0.25, 0.3) is 0 Å². The molecule has 0 saturated carbocycles. The highest BCUT2D eigenvalue weighted by Gasteiger charge is 2.30. The molecule has 0 aliphatic carbocycles. The molecule has 0 bridgehead atoms. The molecule has 8 heteroatoms. The summed E-state index contributed by atoms with van der Waals surface area (Å²) in [4.78, 5) is 12.5. The average molecular weight is 416 g/mol. The van der Waals surface area contributed by atoms with Crippen LogP contribution in [-0.2, 0) is 14.9 Å². The fourth-order valence-electron chi connectivity index (χ4n) is 2.53. The van der Waals surface area contributed by atoms with Gasteiger partial charge in [0.15, 0.2) is 11.5 Å². The number of nitrogens with one attached hydrogen (secondary N) is 1. The first-order valence-corrected chi connectivity index (χ1v) is 11.1. The Kier molecular flexibility index (Phi) is 8.05. The Balaban J connectivity index is 3.15. The van der Waals surface area contributed by atoms with Crippen molar-refractivity contribution in [3.63, 3.8) is 0 Å². The lowest BCUT2D eigenvalue weighted by molar-refractivity contribution is -0.144. The Bertz CT molecular complexity index is 780. The van der Waals surface area contributed by atoms with Crippen LogP contribution in [0.2, 0.25) is 0 Å². The number of benzene rings is 1. The van der Waals surface area contributed by atoms with Crippen LogP contribution in [0, 0.1) is 5.41 Å². The van der Waals surface area contributed by atoms with Gasteiger partial charge in [0.05, 0.1) is 17.8 Å². The summed E-state index contributed by atoms with van der Waals surface area (Å²) < 4.78 is 33.7. The summed E-state index contributed by atoms with van der Waals surface area (Å²) in [5.41, 5.74) is -0.456. The van der Waals surface area contributed by atoms with Gasteiger partial charge < -0.3 is 19.3 Å². The average Bonchev–Trinajstić information content (AvgIpc) is 2.52. The van der Waals surface area contributed by atoms with E-state index in [2.05, 4.69) is 5.32 Å². The molecule has 1 atom stereocenters. The van der Waals surface area contributed by atoms with Crippen LogP contribution in [0.3, 0.4) is 0 Å². The molecular weight excluding hydrogens is 382 g/mol. The topological polar surface area (TPSA) is 102 Å². The van der Waals surface area contributed by atoms with E-state index < -0.39 is 27.6 Å². The van der Waals surface area contributed by atoms with Gasteiger partial charge in [0.1, 0.15) is 0 Å². The van der Waals surface area contributed by atoms with Crippen molar-refractivity contribution in [2.24, 2.45) is 5.41 Å². The van der Waals surface area contributed by atoms with Crippen LogP contribution >= 0.6 is 0 Å². The van der Waals surface area contributed by atoms with Crippen molar-refractivity contribution in [3.05, 3.63) is 23.8 Å². The third-order valence-electron chi connectivity index (χ3n) is 4.05. The molecule has 0 aliphatic rings. The molecule has 0 amide bonds. The molecule has 0 heterocycles. The van der Waals surface area contributed by atoms with Crippen LogP contribution in [0.5, 0.6) is 11.5 Å². The van der Waals surface area contributed by atoms with Gasteiger partial charge in [-0.2, -0.15) is 8.42 Å². The molecular formula is C20H33NO6S. The van der Waals surface area contributed by atoms with Gasteiger partial charge in [0.25, 0.3) is 0 Å². The molecule has 0 aliphatic heterocycles. The highest BCUT2D eigenvalue weighted by molar-refractivity contribution is 7.86. The lowest BCUT2D eigenvalue weighted by Crippen LogP contribution is -2.38. The van der Waals surface area contributed by atoms with Crippen molar-refractivity contribution in [2.75, 3.05) is 12.8 Å². The second kappa shape index (κ2) is 9.24. The van der Waals surface area contributed by atoms with Gasteiger partial charge in [-0.1, -0.05) is 19.4 Å². The van der Waals surface area contributed by atoms with E-state index >= 15 is 0 Å². The van der Waals surface area contributed by atoms with Gasteiger partial charge in [0.2, 0.25) is 0 Å². The number of hydrogen-bond donors (Lipinski definition) is 2. The Hall–Kier alpha value is -1.64. The van der Waals surface area contributed by atoms with Gasteiger partial charge >= 0.3 is 16.1 Å². The zero-order valence-electron chi connectivity index (χ0n) is 17.8. The number of carbonyl (C=O) groups excluding carboxylic acids is 1. The van der Waals surface area contributed by atoms with Crippen LogP contribution < -0.4 is 14.2 Å². The van der Waals surface area contributed by atoms with Gasteiger partial charge in [-0.3, -0.25) is 4.79 Å². The molecule has 0 aromatic heterocycles. The summed E-state index contributed by atoms with van der Waals surface area (Å²) in [5.74, 6) is -0.606. The van der Waals surface area contributed by atoms with Crippen molar-refractivity contribution in [2.45, 2.75) is 66.0 Å². The van der Waals surface area contributed by atoms with E-state index in [0.717, 1.165) is 12.7 Å². The number of aliphatic hydroxyl groups excluding tert-OH is 1. The molecule has 0 saturated heterocycles. The quantitative estimate of drug-likeness (QED) is 0.363. The fourth-order valence-corrected chi connectivity index (χ4v) is 2.99. The predicted octanol–water partition coefficient (Wildman–Crippen LogP) is 3.18. The molecule has 160 valence electrons. The summed E-state index contributed by atoms with van der Waals surface area (Å²) in [6, 6.07) is 4.40. The van der Waals surface area contributed by atoms with Gasteiger partial charge in [0, 0.05) is 12.1 Å². The van der Waals surface area contributed by atoms with E-state index in [-0.39, 0.29) is 23.6 Å². The first-order chi connectivity index (χ1) is 12.6.